The minimum Gasteiger partial charge on any atom is -0.490 e. The van der Waals surface area contributed by atoms with Gasteiger partial charge in [0, 0.05) is 12.0 Å². The minimum absolute atomic E-state index is 0.253. The van der Waals surface area contributed by atoms with Gasteiger partial charge in [0.25, 0.3) is 0 Å². The third-order valence-electron chi connectivity index (χ3n) is 3.97. The van der Waals surface area contributed by atoms with Crippen molar-refractivity contribution in [1.29, 1.82) is 0 Å². The van der Waals surface area contributed by atoms with Gasteiger partial charge in [-0.05, 0) is 43.4 Å². The van der Waals surface area contributed by atoms with E-state index in [4.69, 9.17) is 10.5 Å². The van der Waals surface area contributed by atoms with Crippen LogP contribution >= 0.6 is 0 Å². The Labute approximate surface area is 96.8 Å². The van der Waals surface area contributed by atoms with E-state index in [9.17, 15) is 0 Å². The second kappa shape index (κ2) is 3.77. The highest BCUT2D eigenvalue weighted by Gasteiger charge is 2.37. The Balaban J connectivity index is 1.82. The van der Waals surface area contributed by atoms with Gasteiger partial charge < -0.3 is 10.5 Å². The first-order chi connectivity index (χ1) is 7.82. The summed E-state index contributed by atoms with van der Waals surface area (Å²) in [6.45, 7) is 0.764. The van der Waals surface area contributed by atoms with Crippen LogP contribution in [0.2, 0.25) is 0 Å². The summed E-state index contributed by atoms with van der Waals surface area (Å²) in [4.78, 5) is 0. The molecule has 2 nitrogen and oxygen atoms in total. The van der Waals surface area contributed by atoms with Crippen molar-refractivity contribution in [3.05, 3.63) is 29.8 Å². The van der Waals surface area contributed by atoms with Crippen molar-refractivity contribution in [1.82, 2.24) is 0 Å². The predicted octanol–water partition coefficient (Wildman–Crippen LogP) is 2.61. The molecule has 0 heterocycles. The molecule has 0 radical (unpaired) electrons. The number of hydrogen-bond acceptors (Lipinski definition) is 2. The fraction of sp³-hybridized carbons (Fsp3) is 0.571. The molecule has 16 heavy (non-hydrogen) atoms. The van der Waals surface area contributed by atoms with Gasteiger partial charge in [-0.3, -0.25) is 0 Å². The van der Waals surface area contributed by atoms with Gasteiger partial charge in [-0.1, -0.05) is 18.6 Å². The minimum atomic E-state index is 0.253. The largest absolute Gasteiger partial charge is 0.490 e. The maximum absolute atomic E-state index is 5.92. The summed E-state index contributed by atoms with van der Waals surface area (Å²) in [5.74, 6) is 1.03. The number of rotatable bonds is 4. The van der Waals surface area contributed by atoms with E-state index < -0.39 is 0 Å². The van der Waals surface area contributed by atoms with Crippen molar-refractivity contribution in [2.45, 2.75) is 43.6 Å². The van der Waals surface area contributed by atoms with Crippen LogP contribution in [0.5, 0.6) is 5.75 Å². The zero-order valence-electron chi connectivity index (χ0n) is 9.61. The Morgan fingerprint density at radius 2 is 2.12 bits per heavy atom. The van der Waals surface area contributed by atoms with Gasteiger partial charge in [0.1, 0.15) is 5.75 Å². The van der Waals surface area contributed by atoms with Gasteiger partial charge in [0.15, 0.2) is 0 Å². The van der Waals surface area contributed by atoms with Crippen molar-refractivity contribution in [3.8, 4) is 5.75 Å². The average Bonchev–Trinajstić information content (AvgIpc) is 3.02. The molecule has 3 rings (SSSR count). The third-order valence-corrected chi connectivity index (χ3v) is 3.97. The Morgan fingerprint density at radius 1 is 1.31 bits per heavy atom. The van der Waals surface area contributed by atoms with Gasteiger partial charge in [-0.25, -0.2) is 0 Å². The second-order valence-corrected chi connectivity index (χ2v) is 5.18. The molecule has 0 bridgehead atoms. The Morgan fingerprint density at radius 3 is 2.69 bits per heavy atom. The quantitative estimate of drug-likeness (QED) is 0.841. The Hall–Kier alpha value is -1.02. The lowest BCUT2D eigenvalue weighted by Crippen LogP contribution is -2.41. The molecule has 2 heteroatoms. The molecule has 0 spiro atoms. The number of hydrogen-bond donors (Lipinski definition) is 1. The molecule has 0 aliphatic heterocycles. The van der Waals surface area contributed by atoms with Crippen LogP contribution in [0.15, 0.2) is 24.3 Å². The number of benzene rings is 1. The highest BCUT2D eigenvalue weighted by molar-refractivity contribution is 5.36. The topological polar surface area (TPSA) is 35.2 Å². The molecule has 2 aliphatic rings. The molecule has 0 unspecified atom stereocenters. The molecular formula is C14H19NO. The van der Waals surface area contributed by atoms with Crippen molar-refractivity contribution in [2.24, 2.45) is 5.73 Å². The first-order valence-corrected chi connectivity index (χ1v) is 6.30. The first-order valence-electron chi connectivity index (χ1n) is 6.30. The van der Waals surface area contributed by atoms with Crippen molar-refractivity contribution in [2.75, 3.05) is 6.54 Å². The molecule has 0 aromatic heterocycles. The van der Waals surface area contributed by atoms with Crippen LogP contribution in [0.3, 0.4) is 0 Å². The lowest BCUT2D eigenvalue weighted by atomic mass is 9.64. The average molecular weight is 217 g/mol. The smallest absolute Gasteiger partial charge is 0.120 e. The molecular weight excluding hydrogens is 198 g/mol. The maximum Gasteiger partial charge on any atom is 0.120 e. The third kappa shape index (κ3) is 1.71. The fourth-order valence-corrected chi connectivity index (χ4v) is 2.49. The predicted molar refractivity (Wildman–Crippen MR) is 64.7 cm³/mol. The van der Waals surface area contributed by atoms with E-state index in [1.165, 1.54) is 37.7 Å². The first kappa shape index (κ1) is 10.2. The summed E-state index contributed by atoms with van der Waals surface area (Å²) < 4.78 is 5.83. The van der Waals surface area contributed by atoms with E-state index in [0.717, 1.165) is 12.3 Å². The SMILES string of the molecule is NCC1(c2cccc(OC3CC3)c2)CCC1. The summed E-state index contributed by atoms with van der Waals surface area (Å²) in [5.41, 5.74) is 7.55. The zero-order valence-corrected chi connectivity index (χ0v) is 9.61. The highest BCUT2D eigenvalue weighted by atomic mass is 16.5. The van der Waals surface area contributed by atoms with E-state index in [2.05, 4.69) is 24.3 Å². The molecule has 1 aromatic rings. The van der Waals surface area contributed by atoms with Crippen LogP contribution in [-0.2, 0) is 5.41 Å². The van der Waals surface area contributed by atoms with Gasteiger partial charge >= 0.3 is 0 Å². The zero-order chi connectivity index (χ0) is 11.0. The van der Waals surface area contributed by atoms with Gasteiger partial charge in [0.05, 0.1) is 6.10 Å². The van der Waals surface area contributed by atoms with Crippen LogP contribution in [-0.4, -0.2) is 12.6 Å². The summed E-state index contributed by atoms with van der Waals surface area (Å²) in [7, 11) is 0. The molecule has 1 aromatic carbocycles. The molecule has 2 N–H and O–H groups in total. The molecule has 0 atom stereocenters. The van der Waals surface area contributed by atoms with Gasteiger partial charge in [-0.15, -0.1) is 0 Å². The molecule has 2 fully saturated rings. The highest BCUT2D eigenvalue weighted by Crippen LogP contribution is 2.43. The monoisotopic (exact) mass is 217 g/mol. The lowest BCUT2D eigenvalue weighted by Gasteiger charge is -2.41. The fourth-order valence-electron chi connectivity index (χ4n) is 2.49. The number of ether oxygens (including phenoxy) is 1. The van der Waals surface area contributed by atoms with E-state index in [1.807, 2.05) is 0 Å². The molecule has 2 saturated carbocycles. The normalized spacial score (nSPS) is 22.6. The molecule has 0 amide bonds. The van der Waals surface area contributed by atoms with Crippen LogP contribution in [0.4, 0.5) is 0 Å². The van der Waals surface area contributed by atoms with E-state index in [0.29, 0.717) is 6.10 Å². The summed E-state index contributed by atoms with van der Waals surface area (Å²) in [6.07, 6.45) is 6.68. The maximum atomic E-state index is 5.92. The lowest BCUT2D eigenvalue weighted by molar-refractivity contribution is 0.250. The summed E-state index contributed by atoms with van der Waals surface area (Å²) >= 11 is 0. The van der Waals surface area contributed by atoms with E-state index in [-0.39, 0.29) is 5.41 Å². The summed E-state index contributed by atoms with van der Waals surface area (Å²) in [6, 6.07) is 8.56. The van der Waals surface area contributed by atoms with Crippen molar-refractivity contribution < 1.29 is 4.74 Å². The van der Waals surface area contributed by atoms with Gasteiger partial charge in [-0.2, -0.15) is 0 Å². The van der Waals surface area contributed by atoms with Gasteiger partial charge in [0.2, 0.25) is 0 Å². The van der Waals surface area contributed by atoms with Crippen molar-refractivity contribution in [3.63, 3.8) is 0 Å². The molecule has 2 aliphatic carbocycles. The second-order valence-electron chi connectivity index (χ2n) is 5.18. The van der Waals surface area contributed by atoms with Crippen LogP contribution in [0, 0.1) is 0 Å². The van der Waals surface area contributed by atoms with Crippen LogP contribution in [0.1, 0.15) is 37.7 Å². The van der Waals surface area contributed by atoms with E-state index >= 15 is 0 Å². The Kier molecular flexibility index (Phi) is 2.40. The standard InChI is InChI=1S/C14H19NO/c15-10-14(7-2-8-14)11-3-1-4-13(9-11)16-12-5-6-12/h1,3-4,9,12H,2,5-8,10,15H2. The molecule has 86 valence electrons. The van der Waals surface area contributed by atoms with Crippen LogP contribution in [0.25, 0.3) is 0 Å². The Bertz CT molecular complexity index is 375. The van der Waals surface area contributed by atoms with Crippen LogP contribution < -0.4 is 10.5 Å². The summed E-state index contributed by atoms with van der Waals surface area (Å²) in [5, 5.41) is 0. The van der Waals surface area contributed by atoms with Crippen molar-refractivity contribution >= 4 is 0 Å². The number of nitrogens with two attached hydrogens (primary N) is 1. The van der Waals surface area contributed by atoms with E-state index in [1.54, 1.807) is 0 Å². The molecule has 0 saturated heterocycles.